The highest BCUT2D eigenvalue weighted by molar-refractivity contribution is 6.34. The maximum Gasteiger partial charge on any atom is 0.319 e. The number of carbonyl (C=O) groups is 2. The summed E-state index contributed by atoms with van der Waals surface area (Å²) in [6, 6.07) is 10.1. The number of fused-ring (bicyclic) bond motifs is 2. The van der Waals surface area contributed by atoms with Crippen LogP contribution in [0.15, 0.2) is 36.4 Å². The minimum absolute atomic E-state index is 0.261. The van der Waals surface area contributed by atoms with Crippen LogP contribution in [-0.2, 0) is 10.3 Å². The van der Waals surface area contributed by atoms with E-state index in [0.29, 0.717) is 34.4 Å². The van der Waals surface area contributed by atoms with Crippen molar-refractivity contribution in [3.8, 4) is 17.2 Å². The number of ether oxygens (including phenoxy) is 2. The van der Waals surface area contributed by atoms with Crippen molar-refractivity contribution in [3.63, 3.8) is 0 Å². The van der Waals surface area contributed by atoms with Crippen molar-refractivity contribution in [1.29, 1.82) is 0 Å². The molecule has 1 spiro atoms. The first-order valence-corrected chi connectivity index (χ1v) is 8.80. The second kappa shape index (κ2) is 6.53. The third kappa shape index (κ3) is 2.76. The molecule has 4 rings (SSSR count). The van der Waals surface area contributed by atoms with E-state index in [-0.39, 0.29) is 6.03 Å². The Kier molecular flexibility index (Phi) is 4.20. The number of para-hydroxylation sites is 2. The molecule has 1 heterocycles. The Labute approximate surface area is 155 Å². The highest BCUT2D eigenvalue weighted by Gasteiger charge is 2.45. The van der Waals surface area contributed by atoms with Gasteiger partial charge in [0, 0.05) is 5.56 Å². The number of anilines is 1. The number of hydrogen-bond acceptors (Lipinski definition) is 4. The van der Waals surface area contributed by atoms with Gasteiger partial charge in [0.15, 0.2) is 11.5 Å². The molecular formula is C19H17ClN2O4. The van der Waals surface area contributed by atoms with Crippen molar-refractivity contribution in [2.24, 2.45) is 0 Å². The van der Waals surface area contributed by atoms with Crippen LogP contribution in [-0.4, -0.2) is 12.5 Å². The number of hydrogen-bond donors (Lipinski definition) is 2. The lowest BCUT2D eigenvalue weighted by molar-refractivity contribution is -0.120. The standard InChI is InChI=1S/C19H17ClN2O4/c20-12-7-8-15(26-14-6-2-1-5-13(14)25-11-23)16-17(12)21-18(24)22-19(16)9-3-4-10-19/h1-2,5-8,11H,3-4,9-10H2,(H2,21,22,24). The number of benzene rings is 2. The molecule has 1 aliphatic carbocycles. The molecule has 0 bridgehead atoms. The van der Waals surface area contributed by atoms with Crippen molar-refractivity contribution in [2.45, 2.75) is 31.2 Å². The van der Waals surface area contributed by atoms with Gasteiger partial charge in [-0.05, 0) is 37.1 Å². The Hall–Kier alpha value is -2.73. The summed E-state index contributed by atoms with van der Waals surface area (Å²) >= 11 is 6.36. The molecule has 134 valence electrons. The molecular weight excluding hydrogens is 356 g/mol. The monoisotopic (exact) mass is 372 g/mol. The fourth-order valence-electron chi connectivity index (χ4n) is 3.82. The summed E-state index contributed by atoms with van der Waals surface area (Å²) in [6.45, 7) is 0.361. The van der Waals surface area contributed by atoms with E-state index in [1.807, 2.05) is 0 Å². The smallest absolute Gasteiger partial charge is 0.319 e. The number of urea groups is 1. The molecule has 0 radical (unpaired) electrons. The zero-order chi connectivity index (χ0) is 18.1. The molecule has 7 heteroatoms. The predicted octanol–water partition coefficient (Wildman–Crippen LogP) is 4.57. The molecule has 26 heavy (non-hydrogen) atoms. The third-order valence-corrected chi connectivity index (χ3v) is 5.20. The highest BCUT2D eigenvalue weighted by atomic mass is 35.5. The van der Waals surface area contributed by atoms with Gasteiger partial charge in [-0.1, -0.05) is 36.6 Å². The van der Waals surface area contributed by atoms with E-state index in [2.05, 4.69) is 10.6 Å². The van der Waals surface area contributed by atoms with E-state index in [1.54, 1.807) is 36.4 Å². The second-order valence-corrected chi connectivity index (χ2v) is 6.83. The van der Waals surface area contributed by atoms with Crippen LogP contribution in [0.1, 0.15) is 31.2 Å². The average Bonchev–Trinajstić information content (AvgIpc) is 3.07. The average molecular weight is 373 g/mol. The molecule has 6 nitrogen and oxygen atoms in total. The molecule has 0 aromatic heterocycles. The molecule has 2 aromatic rings. The van der Waals surface area contributed by atoms with Crippen molar-refractivity contribution >= 4 is 29.8 Å². The second-order valence-electron chi connectivity index (χ2n) is 6.43. The van der Waals surface area contributed by atoms with Crippen LogP contribution in [0.4, 0.5) is 10.5 Å². The van der Waals surface area contributed by atoms with E-state index in [1.165, 1.54) is 0 Å². The topological polar surface area (TPSA) is 76.7 Å². The van der Waals surface area contributed by atoms with Crippen LogP contribution in [0.2, 0.25) is 5.02 Å². The van der Waals surface area contributed by atoms with E-state index < -0.39 is 5.54 Å². The zero-order valence-electron chi connectivity index (χ0n) is 13.9. The zero-order valence-corrected chi connectivity index (χ0v) is 14.6. The summed E-state index contributed by atoms with van der Waals surface area (Å²) in [5.41, 5.74) is 0.907. The fraction of sp³-hybridized carbons (Fsp3) is 0.263. The third-order valence-electron chi connectivity index (χ3n) is 4.89. The Balaban J connectivity index is 1.83. The summed E-state index contributed by atoms with van der Waals surface area (Å²) in [6.07, 6.45) is 3.65. The summed E-state index contributed by atoms with van der Waals surface area (Å²) in [5.74, 6) is 1.30. The quantitative estimate of drug-likeness (QED) is 0.770. The molecule has 2 aliphatic rings. The van der Waals surface area contributed by atoms with Crippen LogP contribution in [0, 0.1) is 0 Å². The molecule has 2 amide bonds. The molecule has 1 saturated carbocycles. The lowest BCUT2D eigenvalue weighted by atomic mass is 9.84. The number of amides is 2. The van der Waals surface area contributed by atoms with E-state index in [9.17, 15) is 9.59 Å². The Bertz CT molecular complexity index is 878. The minimum Gasteiger partial charge on any atom is -0.453 e. The van der Waals surface area contributed by atoms with Crippen LogP contribution < -0.4 is 20.1 Å². The van der Waals surface area contributed by atoms with Crippen LogP contribution >= 0.6 is 11.6 Å². The maximum absolute atomic E-state index is 12.2. The number of carbonyl (C=O) groups excluding carboxylic acids is 2. The molecule has 0 unspecified atom stereocenters. The molecule has 1 aliphatic heterocycles. The van der Waals surface area contributed by atoms with Crippen LogP contribution in [0.5, 0.6) is 17.2 Å². The molecule has 1 fully saturated rings. The Morgan fingerprint density at radius 1 is 1.04 bits per heavy atom. The Morgan fingerprint density at radius 2 is 1.77 bits per heavy atom. The van der Waals surface area contributed by atoms with Crippen LogP contribution in [0.25, 0.3) is 0 Å². The number of halogens is 1. The lowest BCUT2D eigenvalue weighted by Gasteiger charge is -2.38. The van der Waals surface area contributed by atoms with Gasteiger partial charge in [0.05, 0.1) is 16.2 Å². The largest absolute Gasteiger partial charge is 0.453 e. The molecule has 2 N–H and O–H groups in total. The van der Waals surface area contributed by atoms with E-state index in [4.69, 9.17) is 21.1 Å². The SMILES string of the molecule is O=COc1ccccc1Oc1ccc(Cl)c2c1C1(CCCC1)NC(=O)N2. The summed E-state index contributed by atoms with van der Waals surface area (Å²) in [5, 5.41) is 6.32. The van der Waals surface area contributed by atoms with Gasteiger partial charge in [0.1, 0.15) is 5.75 Å². The van der Waals surface area contributed by atoms with Gasteiger partial charge in [0.25, 0.3) is 6.47 Å². The van der Waals surface area contributed by atoms with Gasteiger partial charge in [0.2, 0.25) is 0 Å². The first-order valence-electron chi connectivity index (χ1n) is 8.42. The first-order chi connectivity index (χ1) is 12.6. The molecule has 2 aromatic carbocycles. The van der Waals surface area contributed by atoms with Gasteiger partial charge in [-0.3, -0.25) is 4.79 Å². The van der Waals surface area contributed by atoms with E-state index in [0.717, 1.165) is 31.2 Å². The Morgan fingerprint density at radius 3 is 2.50 bits per heavy atom. The normalized spacial score (nSPS) is 17.2. The number of rotatable bonds is 4. The fourth-order valence-corrected chi connectivity index (χ4v) is 4.03. The van der Waals surface area contributed by atoms with Gasteiger partial charge in [-0.2, -0.15) is 0 Å². The molecule has 0 saturated heterocycles. The van der Waals surface area contributed by atoms with Gasteiger partial charge in [-0.25, -0.2) is 4.79 Å². The van der Waals surface area contributed by atoms with Gasteiger partial charge < -0.3 is 20.1 Å². The maximum atomic E-state index is 12.2. The van der Waals surface area contributed by atoms with Gasteiger partial charge in [-0.15, -0.1) is 0 Å². The number of nitrogens with one attached hydrogen (secondary N) is 2. The summed E-state index contributed by atoms with van der Waals surface area (Å²) in [7, 11) is 0. The minimum atomic E-state index is -0.502. The predicted molar refractivity (Wildman–Crippen MR) is 97.0 cm³/mol. The highest BCUT2D eigenvalue weighted by Crippen LogP contribution is 2.51. The first kappa shape index (κ1) is 16.7. The van der Waals surface area contributed by atoms with Gasteiger partial charge >= 0.3 is 6.03 Å². The van der Waals surface area contributed by atoms with Crippen molar-refractivity contribution in [2.75, 3.05) is 5.32 Å². The lowest BCUT2D eigenvalue weighted by Crippen LogP contribution is -2.50. The van der Waals surface area contributed by atoms with Crippen molar-refractivity contribution < 1.29 is 19.1 Å². The van der Waals surface area contributed by atoms with Crippen molar-refractivity contribution in [3.05, 3.63) is 47.0 Å². The van der Waals surface area contributed by atoms with E-state index >= 15 is 0 Å². The summed E-state index contributed by atoms with van der Waals surface area (Å²) in [4.78, 5) is 22.9. The summed E-state index contributed by atoms with van der Waals surface area (Å²) < 4.78 is 11.1. The van der Waals surface area contributed by atoms with Crippen molar-refractivity contribution in [1.82, 2.24) is 5.32 Å². The molecule has 0 atom stereocenters. The van der Waals surface area contributed by atoms with Crippen LogP contribution in [0.3, 0.4) is 0 Å².